The number of fused-ring (bicyclic) bond motifs is 1. The van der Waals surface area contributed by atoms with E-state index in [1.165, 1.54) is 23.1 Å². The zero-order chi connectivity index (χ0) is 37.9. The Morgan fingerprint density at radius 2 is 1.73 bits per heavy atom. The number of nitrogens with one attached hydrogen (secondary N) is 3. The molecule has 0 bridgehead atoms. The number of nitrogens with zero attached hydrogens (tertiary/aromatic N) is 2. The second kappa shape index (κ2) is 13.5. The van der Waals surface area contributed by atoms with E-state index < -0.39 is 80.4 Å². The molecule has 2 saturated carbocycles. The van der Waals surface area contributed by atoms with Crippen LogP contribution in [0.25, 0.3) is 0 Å². The summed E-state index contributed by atoms with van der Waals surface area (Å²) in [6.07, 6.45) is 1.26. The van der Waals surface area contributed by atoms with Crippen molar-refractivity contribution < 1.29 is 37.1 Å². The number of hydrogen-bond acceptors (Lipinski definition) is 7. The van der Waals surface area contributed by atoms with Gasteiger partial charge in [-0.25, -0.2) is 17.6 Å². The van der Waals surface area contributed by atoms with Gasteiger partial charge in [-0.2, -0.15) is 0 Å². The highest BCUT2D eigenvalue weighted by Gasteiger charge is 2.62. The van der Waals surface area contributed by atoms with Gasteiger partial charge in [0, 0.05) is 29.6 Å². The summed E-state index contributed by atoms with van der Waals surface area (Å²) >= 11 is 0. The summed E-state index contributed by atoms with van der Waals surface area (Å²) in [4.78, 5) is 57.6. The Labute approximate surface area is 304 Å². The maximum absolute atomic E-state index is 15.0. The zero-order valence-electron chi connectivity index (χ0n) is 30.2. The molecule has 2 aromatic carbocycles. The number of carboxylic acid groups (broad SMARTS) is 1. The molecule has 3 fully saturated rings. The van der Waals surface area contributed by atoms with Gasteiger partial charge in [0.25, 0.3) is 5.91 Å². The smallest absolute Gasteiger partial charge is 0.408 e. The number of anilines is 1. The molecular weight excluding hydrogens is 690 g/mol. The Hall–Kier alpha value is -4.46. The van der Waals surface area contributed by atoms with Gasteiger partial charge in [0.2, 0.25) is 21.8 Å². The fraction of sp³-hybridized carbons (Fsp3) is 0.526. The molecule has 2 aromatic rings. The number of sulfonamides is 1. The molecule has 6 atom stereocenters. The van der Waals surface area contributed by atoms with Crippen molar-refractivity contribution in [2.45, 2.75) is 101 Å². The molecule has 3 unspecified atom stereocenters. The topological polar surface area (TPSA) is 165 Å². The third-order valence-electron chi connectivity index (χ3n) is 11.0. The van der Waals surface area contributed by atoms with Crippen molar-refractivity contribution in [2.75, 3.05) is 11.9 Å². The number of rotatable bonds is 11. The number of carbonyl (C=O) groups excluding carboxylic acids is 3. The van der Waals surface area contributed by atoms with Gasteiger partial charge in [-0.05, 0) is 66.3 Å². The van der Waals surface area contributed by atoms with E-state index in [0.29, 0.717) is 24.1 Å². The van der Waals surface area contributed by atoms with E-state index >= 15 is 0 Å². The van der Waals surface area contributed by atoms with Gasteiger partial charge in [0.05, 0.1) is 17.8 Å². The minimum absolute atomic E-state index is 0.0178. The minimum atomic E-state index is -3.92. The van der Waals surface area contributed by atoms with E-state index in [9.17, 15) is 37.1 Å². The van der Waals surface area contributed by atoms with Crippen LogP contribution in [0.4, 0.5) is 14.9 Å². The lowest BCUT2D eigenvalue weighted by Crippen LogP contribution is -2.58. The number of amides is 4. The molecule has 4 aliphatic rings. The second-order valence-corrected chi connectivity index (χ2v) is 18.0. The van der Waals surface area contributed by atoms with E-state index in [0.717, 1.165) is 10.5 Å². The quantitative estimate of drug-likeness (QED) is 0.242. The van der Waals surface area contributed by atoms with Crippen molar-refractivity contribution >= 4 is 39.5 Å². The summed E-state index contributed by atoms with van der Waals surface area (Å²) < 4.78 is 42.5. The van der Waals surface area contributed by atoms with Gasteiger partial charge < -0.3 is 20.6 Å². The van der Waals surface area contributed by atoms with Crippen molar-refractivity contribution in [3.8, 4) is 0 Å². The molecule has 2 aliphatic carbocycles. The average molecular weight is 738 g/mol. The van der Waals surface area contributed by atoms with Gasteiger partial charge in [-0.3, -0.25) is 24.0 Å². The average Bonchev–Trinajstić information content (AvgIpc) is 3.97. The van der Waals surface area contributed by atoms with Crippen molar-refractivity contribution in [2.24, 2.45) is 17.8 Å². The Kier molecular flexibility index (Phi) is 9.69. The zero-order valence-corrected chi connectivity index (χ0v) is 31.0. The standard InChI is InChI=1S/C38H48FN5O7S/c1-7-23-18-38(23,35(47)42-52(50,51)26-15-16-26)41-33(45)30-17-22(32-27-9-8-10-29(39)28(27)20-44(32)36(48)49)19-43(30)34(46)31(21(2)3)40-25-13-11-24(12-14-25)37(4,5)6/h7-14,21-23,26,30-32,40H,1,15-20H2,2-6H3,(H,41,45)(H,42,47)(H,48,49)/t22-,23?,30+,31+,32?,38?/m1/s1. The third-order valence-corrected chi connectivity index (χ3v) is 12.8. The SMILES string of the molecule is C=CC1CC1(NC(=O)[C@@H]1C[C@@H](C2c3cccc(F)c3CN2C(=O)O)CN1C(=O)[C@@H](Nc1ccc(C(C)(C)C)cc1)C(C)C)C(=O)NS(=O)(=O)C1CC1. The van der Waals surface area contributed by atoms with Crippen LogP contribution in [0.2, 0.25) is 0 Å². The molecule has 2 heterocycles. The molecule has 4 amide bonds. The summed E-state index contributed by atoms with van der Waals surface area (Å²) in [6, 6.07) is 9.46. The van der Waals surface area contributed by atoms with Crippen molar-refractivity contribution in [1.82, 2.24) is 19.8 Å². The molecule has 52 heavy (non-hydrogen) atoms. The van der Waals surface area contributed by atoms with Crippen LogP contribution in [-0.4, -0.2) is 76.6 Å². The first-order valence-corrected chi connectivity index (χ1v) is 19.4. The third kappa shape index (κ3) is 7.01. The van der Waals surface area contributed by atoms with Crippen LogP contribution in [0.15, 0.2) is 55.1 Å². The molecule has 4 N–H and O–H groups in total. The van der Waals surface area contributed by atoms with E-state index in [2.05, 4.69) is 42.7 Å². The molecule has 280 valence electrons. The predicted octanol–water partition coefficient (Wildman–Crippen LogP) is 4.68. The van der Waals surface area contributed by atoms with E-state index in [1.54, 1.807) is 6.07 Å². The summed E-state index contributed by atoms with van der Waals surface area (Å²) in [5.41, 5.74) is 0.892. The number of halogens is 1. The van der Waals surface area contributed by atoms with E-state index in [4.69, 9.17) is 0 Å². The highest BCUT2D eigenvalue weighted by atomic mass is 32.2. The molecule has 6 rings (SSSR count). The van der Waals surface area contributed by atoms with Gasteiger partial charge in [0.15, 0.2) is 0 Å². The highest BCUT2D eigenvalue weighted by Crippen LogP contribution is 2.47. The fourth-order valence-corrected chi connectivity index (χ4v) is 9.06. The van der Waals surface area contributed by atoms with E-state index in [1.807, 2.05) is 38.1 Å². The monoisotopic (exact) mass is 737 g/mol. The maximum Gasteiger partial charge on any atom is 0.408 e. The van der Waals surface area contributed by atoms with Crippen LogP contribution >= 0.6 is 0 Å². The van der Waals surface area contributed by atoms with Gasteiger partial charge >= 0.3 is 6.09 Å². The predicted molar refractivity (Wildman–Crippen MR) is 193 cm³/mol. The second-order valence-electron chi connectivity index (χ2n) is 16.0. The molecule has 12 nitrogen and oxygen atoms in total. The first-order chi connectivity index (χ1) is 24.4. The summed E-state index contributed by atoms with van der Waals surface area (Å²) in [7, 11) is -3.92. The van der Waals surface area contributed by atoms with Gasteiger partial charge in [-0.15, -0.1) is 6.58 Å². The van der Waals surface area contributed by atoms with Crippen LogP contribution in [-0.2, 0) is 36.4 Å². The molecule has 2 aliphatic heterocycles. The van der Waals surface area contributed by atoms with Crippen LogP contribution < -0.4 is 15.4 Å². The fourth-order valence-electron chi connectivity index (χ4n) is 7.70. The van der Waals surface area contributed by atoms with Crippen LogP contribution in [0.5, 0.6) is 0 Å². The first-order valence-electron chi connectivity index (χ1n) is 17.8. The highest BCUT2D eigenvalue weighted by molar-refractivity contribution is 7.91. The van der Waals surface area contributed by atoms with Crippen molar-refractivity contribution in [1.29, 1.82) is 0 Å². The molecule has 0 radical (unpaired) electrons. The number of likely N-dealkylation sites (tertiary alicyclic amines) is 1. The maximum atomic E-state index is 15.0. The number of benzene rings is 2. The molecule has 14 heteroatoms. The molecular formula is C38H48FN5O7S. The molecule has 0 aromatic heterocycles. The number of hydrogen-bond donors (Lipinski definition) is 4. The number of carbonyl (C=O) groups is 4. The summed E-state index contributed by atoms with van der Waals surface area (Å²) in [5, 5.41) is 15.7. The van der Waals surface area contributed by atoms with Crippen LogP contribution in [0.1, 0.15) is 83.0 Å². The molecule has 0 spiro atoms. The summed E-state index contributed by atoms with van der Waals surface area (Å²) in [5.74, 6) is -3.85. The summed E-state index contributed by atoms with van der Waals surface area (Å²) in [6.45, 7) is 13.6. The van der Waals surface area contributed by atoms with Crippen molar-refractivity contribution in [3.63, 3.8) is 0 Å². The van der Waals surface area contributed by atoms with Crippen LogP contribution in [0.3, 0.4) is 0 Å². The largest absolute Gasteiger partial charge is 0.465 e. The van der Waals surface area contributed by atoms with Gasteiger partial charge in [0.1, 0.15) is 23.4 Å². The lowest BCUT2D eigenvalue weighted by Gasteiger charge is -2.32. The lowest BCUT2D eigenvalue weighted by molar-refractivity contribution is -0.140. The van der Waals surface area contributed by atoms with Gasteiger partial charge in [-0.1, -0.05) is 65.0 Å². The lowest BCUT2D eigenvalue weighted by atomic mass is 9.87. The Morgan fingerprint density at radius 1 is 1.06 bits per heavy atom. The first kappa shape index (κ1) is 37.3. The minimum Gasteiger partial charge on any atom is -0.465 e. The molecule has 1 saturated heterocycles. The van der Waals surface area contributed by atoms with E-state index in [-0.39, 0.29) is 42.8 Å². The Bertz CT molecular complexity index is 1890. The normalized spacial score (nSPS) is 26.1. The Morgan fingerprint density at radius 3 is 2.29 bits per heavy atom. The Balaban J connectivity index is 1.32. The van der Waals surface area contributed by atoms with Crippen LogP contribution in [0, 0.1) is 23.6 Å². The van der Waals surface area contributed by atoms with Crippen molar-refractivity contribution in [3.05, 3.63) is 77.6 Å².